The summed E-state index contributed by atoms with van der Waals surface area (Å²) in [6.45, 7) is 10.7. The van der Waals surface area contributed by atoms with Gasteiger partial charge < -0.3 is 14.8 Å². The minimum Gasteiger partial charge on any atom is -0.350 e. The molecule has 9 heteroatoms. The van der Waals surface area contributed by atoms with Crippen LogP contribution in [0.1, 0.15) is 38.6 Å². The van der Waals surface area contributed by atoms with Crippen LogP contribution in [0.4, 0.5) is 10.3 Å². The molecule has 6 rings (SSSR count). The van der Waals surface area contributed by atoms with E-state index in [1.165, 1.54) is 0 Å². The Morgan fingerprint density at radius 2 is 1.86 bits per heavy atom. The number of nitrogens with zero attached hydrogens (tertiary/aromatic N) is 7. The van der Waals surface area contributed by atoms with E-state index in [2.05, 4.69) is 55.6 Å². The zero-order valence-electron chi connectivity index (χ0n) is 20.9. The standard InChI is InChI=1S/C26H33FN8/c1-16(2)35-17(3)29-25-22(27)11-18(12-23(25)35)21-5-6-34-24(21)15-28-26(31-34)30-19-13-20(14-19)33-9-7-32(4)8-10-33/h5-6,11-12,15-16,19-20H,7-10,13-14H2,1-4H3,(H,30,31)/t19-,20+. The van der Waals surface area contributed by atoms with Crippen LogP contribution in [0.5, 0.6) is 0 Å². The number of hydrogen-bond donors (Lipinski definition) is 1. The van der Waals surface area contributed by atoms with Crippen LogP contribution in [0.3, 0.4) is 0 Å². The Morgan fingerprint density at radius 3 is 2.60 bits per heavy atom. The van der Waals surface area contributed by atoms with Crippen LogP contribution < -0.4 is 5.32 Å². The van der Waals surface area contributed by atoms with E-state index in [-0.39, 0.29) is 11.9 Å². The molecule has 4 heterocycles. The third-order valence-corrected chi connectivity index (χ3v) is 7.67. The molecular weight excluding hydrogens is 443 g/mol. The SMILES string of the molecule is Cc1nc2c(F)cc(-c3ccn4nc(N[C@H]5C[C@@H](N6CCN(C)CC6)C5)ncc34)cc2n1C(C)C. The van der Waals surface area contributed by atoms with Gasteiger partial charge in [-0.05, 0) is 64.4 Å². The number of aryl methyl sites for hydroxylation is 1. The molecule has 8 nitrogen and oxygen atoms in total. The van der Waals surface area contributed by atoms with Crippen molar-refractivity contribution in [3.63, 3.8) is 0 Å². The second-order valence-corrected chi connectivity index (χ2v) is 10.4. The van der Waals surface area contributed by atoms with Crippen LogP contribution >= 0.6 is 0 Å². The van der Waals surface area contributed by atoms with E-state index in [9.17, 15) is 0 Å². The maximum absolute atomic E-state index is 15.0. The highest BCUT2D eigenvalue weighted by atomic mass is 19.1. The fourth-order valence-corrected chi connectivity index (χ4v) is 5.66. The molecule has 4 aromatic rings. The Labute approximate surface area is 204 Å². The topological polar surface area (TPSA) is 66.5 Å². The Balaban J connectivity index is 1.21. The number of fused-ring (bicyclic) bond motifs is 2. The molecule has 3 aromatic heterocycles. The van der Waals surface area contributed by atoms with Gasteiger partial charge in [-0.3, -0.25) is 4.90 Å². The Bertz CT molecular complexity index is 1380. The number of likely N-dealkylation sites (N-methyl/N-ethyl adjacent to an activating group) is 1. The van der Waals surface area contributed by atoms with Gasteiger partial charge in [-0.2, -0.15) is 0 Å². The molecule has 1 aliphatic heterocycles. The molecule has 35 heavy (non-hydrogen) atoms. The summed E-state index contributed by atoms with van der Waals surface area (Å²) in [6.07, 6.45) is 6.00. The highest BCUT2D eigenvalue weighted by molar-refractivity contribution is 5.88. The van der Waals surface area contributed by atoms with Crippen LogP contribution in [0, 0.1) is 12.7 Å². The summed E-state index contributed by atoms with van der Waals surface area (Å²) in [5, 5.41) is 8.19. The average Bonchev–Trinajstić information content (AvgIpc) is 3.37. The zero-order valence-corrected chi connectivity index (χ0v) is 20.9. The first-order chi connectivity index (χ1) is 16.9. The van der Waals surface area contributed by atoms with E-state index in [1.54, 1.807) is 6.07 Å². The van der Waals surface area contributed by atoms with Gasteiger partial charge in [0.05, 0.1) is 17.2 Å². The van der Waals surface area contributed by atoms with Gasteiger partial charge in [0.15, 0.2) is 5.82 Å². The van der Waals surface area contributed by atoms with Gasteiger partial charge in [-0.15, -0.1) is 5.10 Å². The molecule has 0 unspecified atom stereocenters. The lowest BCUT2D eigenvalue weighted by Crippen LogP contribution is -2.55. The first-order valence-corrected chi connectivity index (χ1v) is 12.6. The van der Waals surface area contributed by atoms with Gasteiger partial charge in [-0.1, -0.05) is 0 Å². The molecule has 0 amide bonds. The third-order valence-electron chi connectivity index (χ3n) is 7.67. The highest BCUT2D eigenvalue weighted by Gasteiger charge is 2.35. The Kier molecular flexibility index (Phi) is 5.49. The fraction of sp³-hybridized carbons (Fsp3) is 0.500. The largest absolute Gasteiger partial charge is 0.350 e. The van der Waals surface area contributed by atoms with Gasteiger partial charge in [-0.25, -0.2) is 18.9 Å². The van der Waals surface area contributed by atoms with Crippen LogP contribution in [0.25, 0.3) is 27.7 Å². The molecule has 0 radical (unpaired) electrons. The Morgan fingerprint density at radius 1 is 1.09 bits per heavy atom. The zero-order chi connectivity index (χ0) is 24.3. The van der Waals surface area contributed by atoms with Gasteiger partial charge in [0, 0.05) is 56.1 Å². The summed E-state index contributed by atoms with van der Waals surface area (Å²) in [4.78, 5) is 14.1. The maximum atomic E-state index is 15.0. The molecule has 1 aromatic carbocycles. The summed E-state index contributed by atoms with van der Waals surface area (Å²) < 4.78 is 18.9. The minimum atomic E-state index is -0.307. The van der Waals surface area contributed by atoms with E-state index in [0.717, 1.165) is 67.0 Å². The lowest BCUT2D eigenvalue weighted by atomic mass is 9.85. The lowest BCUT2D eigenvalue weighted by molar-refractivity contribution is 0.0656. The second kappa shape index (κ2) is 8.57. The normalized spacial score (nSPS) is 21.8. The molecule has 2 fully saturated rings. The van der Waals surface area contributed by atoms with Crippen LogP contribution in [0.2, 0.25) is 0 Å². The molecule has 0 bridgehead atoms. The van der Waals surface area contributed by atoms with Crippen molar-refractivity contribution in [2.75, 3.05) is 38.5 Å². The van der Waals surface area contributed by atoms with Crippen molar-refractivity contribution in [3.05, 3.63) is 42.2 Å². The van der Waals surface area contributed by atoms with Gasteiger partial charge in [0.25, 0.3) is 0 Å². The van der Waals surface area contributed by atoms with Crippen molar-refractivity contribution < 1.29 is 4.39 Å². The summed E-state index contributed by atoms with van der Waals surface area (Å²) in [5.41, 5.74) is 3.79. The summed E-state index contributed by atoms with van der Waals surface area (Å²) in [6, 6.07) is 6.82. The number of nitrogens with one attached hydrogen (secondary N) is 1. The minimum absolute atomic E-state index is 0.194. The summed E-state index contributed by atoms with van der Waals surface area (Å²) in [5.74, 6) is 1.15. The molecule has 1 saturated carbocycles. The van der Waals surface area contributed by atoms with E-state index in [1.807, 2.05) is 36.0 Å². The first kappa shape index (κ1) is 22.4. The smallest absolute Gasteiger partial charge is 0.241 e. The van der Waals surface area contributed by atoms with Gasteiger partial charge in [0.2, 0.25) is 5.95 Å². The number of rotatable bonds is 5. The third kappa shape index (κ3) is 3.96. The number of piperazine rings is 1. The monoisotopic (exact) mass is 476 g/mol. The number of halogens is 1. The number of benzene rings is 1. The molecule has 184 valence electrons. The lowest BCUT2D eigenvalue weighted by Gasteiger charge is -2.46. The first-order valence-electron chi connectivity index (χ1n) is 12.6. The van der Waals surface area contributed by atoms with Gasteiger partial charge >= 0.3 is 0 Å². The maximum Gasteiger partial charge on any atom is 0.241 e. The second-order valence-electron chi connectivity index (χ2n) is 10.4. The van der Waals surface area contributed by atoms with E-state index >= 15 is 4.39 Å². The number of aromatic nitrogens is 5. The number of anilines is 1. The summed E-state index contributed by atoms with van der Waals surface area (Å²) >= 11 is 0. The molecule has 0 atom stereocenters. The average molecular weight is 477 g/mol. The quantitative estimate of drug-likeness (QED) is 0.470. The van der Waals surface area contributed by atoms with Crippen molar-refractivity contribution in [2.24, 2.45) is 0 Å². The predicted octanol–water partition coefficient (Wildman–Crippen LogP) is 3.96. The molecule has 1 saturated heterocycles. The van der Waals surface area contributed by atoms with Crippen molar-refractivity contribution in [1.29, 1.82) is 0 Å². The predicted molar refractivity (Wildman–Crippen MR) is 136 cm³/mol. The number of hydrogen-bond acceptors (Lipinski definition) is 6. The van der Waals surface area contributed by atoms with Gasteiger partial charge in [0.1, 0.15) is 11.3 Å². The molecule has 1 aliphatic carbocycles. The summed E-state index contributed by atoms with van der Waals surface area (Å²) in [7, 11) is 2.19. The van der Waals surface area contributed by atoms with Crippen LogP contribution in [-0.2, 0) is 0 Å². The van der Waals surface area contributed by atoms with E-state index in [0.29, 0.717) is 23.5 Å². The molecular formula is C26H33FN8. The van der Waals surface area contributed by atoms with Crippen LogP contribution in [-0.4, -0.2) is 79.3 Å². The van der Waals surface area contributed by atoms with Crippen molar-refractivity contribution in [1.82, 2.24) is 33.9 Å². The molecule has 0 spiro atoms. The van der Waals surface area contributed by atoms with Crippen molar-refractivity contribution in [3.8, 4) is 11.1 Å². The van der Waals surface area contributed by atoms with E-state index < -0.39 is 0 Å². The number of imidazole rings is 1. The molecule has 2 aliphatic rings. The van der Waals surface area contributed by atoms with Crippen molar-refractivity contribution >= 4 is 22.5 Å². The Hall–Kier alpha value is -3.04. The van der Waals surface area contributed by atoms with Crippen molar-refractivity contribution in [2.45, 2.75) is 51.7 Å². The van der Waals surface area contributed by atoms with E-state index in [4.69, 9.17) is 0 Å². The van der Waals surface area contributed by atoms with Crippen LogP contribution in [0.15, 0.2) is 30.6 Å². The fourth-order valence-electron chi connectivity index (χ4n) is 5.66. The molecule has 1 N–H and O–H groups in total. The highest BCUT2D eigenvalue weighted by Crippen LogP contribution is 2.32.